The number of allylic oxidation sites excluding steroid dienone is 1. The van der Waals surface area contributed by atoms with E-state index in [2.05, 4.69) is 11.1 Å². The molecule has 0 amide bonds. The Morgan fingerprint density at radius 3 is 2.44 bits per heavy atom. The third-order valence-electron chi connectivity index (χ3n) is 3.46. The van der Waals surface area contributed by atoms with E-state index in [0.29, 0.717) is 15.6 Å². The van der Waals surface area contributed by atoms with Crippen LogP contribution >= 0.6 is 22.9 Å². The highest BCUT2D eigenvalue weighted by molar-refractivity contribution is 7.11. The minimum Gasteiger partial charge on any atom is -0.478 e. The Morgan fingerprint density at radius 1 is 1.16 bits per heavy atom. The van der Waals surface area contributed by atoms with Crippen molar-refractivity contribution in [1.29, 1.82) is 5.26 Å². The summed E-state index contributed by atoms with van der Waals surface area (Å²) in [5, 5.41) is 21.5. The molecule has 25 heavy (non-hydrogen) atoms. The molecule has 0 saturated carbocycles. The van der Waals surface area contributed by atoms with Crippen molar-refractivity contribution in [3.63, 3.8) is 0 Å². The average Bonchev–Trinajstić information content (AvgIpc) is 3.10. The fourth-order valence-corrected chi connectivity index (χ4v) is 3.10. The lowest BCUT2D eigenvalue weighted by Crippen LogP contribution is -1.94. The number of hydrogen-bond donors (Lipinski definition) is 1. The first-order chi connectivity index (χ1) is 12.1. The van der Waals surface area contributed by atoms with Crippen LogP contribution in [-0.4, -0.2) is 16.1 Å². The van der Waals surface area contributed by atoms with E-state index in [-0.39, 0.29) is 5.56 Å². The summed E-state index contributed by atoms with van der Waals surface area (Å²) in [6, 6.07) is 15.8. The highest BCUT2D eigenvalue weighted by Crippen LogP contribution is 2.28. The number of aromatic nitrogens is 1. The predicted molar refractivity (Wildman–Crippen MR) is 99.4 cm³/mol. The Labute approximate surface area is 153 Å². The molecule has 1 aromatic heterocycles. The van der Waals surface area contributed by atoms with Crippen molar-refractivity contribution in [3.05, 3.63) is 75.1 Å². The number of halogens is 1. The van der Waals surface area contributed by atoms with Gasteiger partial charge < -0.3 is 5.11 Å². The normalized spacial score (nSPS) is 11.1. The fraction of sp³-hybridized carbons (Fsp3) is 0. The van der Waals surface area contributed by atoms with E-state index in [9.17, 15) is 10.1 Å². The van der Waals surface area contributed by atoms with Crippen LogP contribution in [0.5, 0.6) is 0 Å². The molecule has 6 heteroatoms. The summed E-state index contributed by atoms with van der Waals surface area (Å²) in [6.07, 6.45) is 1.69. The van der Waals surface area contributed by atoms with Gasteiger partial charge in [-0.05, 0) is 35.9 Å². The van der Waals surface area contributed by atoms with Crippen LogP contribution in [0.3, 0.4) is 0 Å². The Kier molecular flexibility index (Phi) is 4.94. The zero-order chi connectivity index (χ0) is 17.8. The van der Waals surface area contributed by atoms with E-state index in [1.54, 1.807) is 30.3 Å². The first-order valence-electron chi connectivity index (χ1n) is 7.24. The van der Waals surface area contributed by atoms with E-state index in [0.717, 1.165) is 16.8 Å². The van der Waals surface area contributed by atoms with Gasteiger partial charge in [0.2, 0.25) is 0 Å². The third kappa shape index (κ3) is 3.94. The lowest BCUT2D eigenvalue weighted by Gasteiger charge is -1.98. The van der Waals surface area contributed by atoms with Gasteiger partial charge in [-0.1, -0.05) is 35.9 Å². The number of carboxylic acids is 1. The second-order valence-corrected chi connectivity index (χ2v) is 6.44. The monoisotopic (exact) mass is 366 g/mol. The molecule has 0 saturated heterocycles. The smallest absolute Gasteiger partial charge is 0.335 e. The van der Waals surface area contributed by atoms with E-state index in [4.69, 9.17) is 16.7 Å². The maximum Gasteiger partial charge on any atom is 0.335 e. The molecule has 1 heterocycles. The van der Waals surface area contributed by atoms with Crippen molar-refractivity contribution in [2.75, 3.05) is 0 Å². The number of rotatable bonds is 4. The van der Waals surface area contributed by atoms with Crippen molar-refractivity contribution >= 4 is 40.6 Å². The van der Waals surface area contributed by atoms with Gasteiger partial charge in [-0.25, -0.2) is 9.78 Å². The summed E-state index contributed by atoms with van der Waals surface area (Å²) < 4.78 is 0. The molecule has 3 rings (SSSR count). The molecule has 0 spiro atoms. The van der Waals surface area contributed by atoms with E-state index in [1.807, 2.05) is 17.5 Å². The summed E-state index contributed by atoms with van der Waals surface area (Å²) in [4.78, 5) is 15.4. The van der Waals surface area contributed by atoms with Crippen LogP contribution in [0.15, 0.2) is 53.9 Å². The van der Waals surface area contributed by atoms with Gasteiger partial charge in [0.05, 0.1) is 16.8 Å². The Bertz CT molecular complexity index is 984. The van der Waals surface area contributed by atoms with Gasteiger partial charge in [-0.15, -0.1) is 11.3 Å². The zero-order valence-electron chi connectivity index (χ0n) is 12.8. The van der Waals surface area contributed by atoms with Gasteiger partial charge in [-0.2, -0.15) is 5.26 Å². The molecule has 0 aliphatic rings. The molecule has 0 aliphatic heterocycles. The van der Waals surface area contributed by atoms with Crippen LogP contribution in [0.2, 0.25) is 5.02 Å². The van der Waals surface area contributed by atoms with Crippen molar-refractivity contribution in [2.24, 2.45) is 0 Å². The summed E-state index contributed by atoms with van der Waals surface area (Å²) in [5.41, 5.74) is 3.07. The quantitative estimate of drug-likeness (QED) is 0.642. The first kappa shape index (κ1) is 16.9. The molecule has 0 bridgehead atoms. The SMILES string of the molecule is N#C/C(=C/c1ccc(C(=O)O)cc1)c1nc(-c2ccc(Cl)cc2)cs1. The Balaban J connectivity index is 1.90. The molecule has 4 nitrogen and oxygen atoms in total. The predicted octanol–water partition coefficient (Wildman–Crippen LogP) is 5.23. The lowest BCUT2D eigenvalue weighted by molar-refractivity contribution is 0.0697. The summed E-state index contributed by atoms with van der Waals surface area (Å²) in [5.74, 6) is -0.983. The van der Waals surface area contributed by atoms with Gasteiger partial charge in [0, 0.05) is 16.0 Å². The summed E-state index contributed by atoms with van der Waals surface area (Å²) >= 11 is 7.27. The number of nitrogens with zero attached hydrogens (tertiary/aromatic N) is 2. The average molecular weight is 367 g/mol. The fourth-order valence-electron chi connectivity index (χ4n) is 2.18. The van der Waals surface area contributed by atoms with Crippen molar-refractivity contribution in [3.8, 4) is 17.3 Å². The molecule has 3 aromatic rings. The van der Waals surface area contributed by atoms with Gasteiger partial charge in [0.15, 0.2) is 0 Å². The molecule has 1 N–H and O–H groups in total. The molecule has 0 aliphatic carbocycles. The van der Waals surface area contributed by atoms with Crippen LogP contribution < -0.4 is 0 Å². The molecule has 0 radical (unpaired) electrons. The van der Waals surface area contributed by atoms with Crippen LogP contribution in [0.4, 0.5) is 0 Å². The summed E-state index contributed by atoms with van der Waals surface area (Å²) in [7, 11) is 0. The van der Waals surface area contributed by atoms with Crippen molar-refractivity contribution < 1.29 is 9.90 Å². The second-order valence-electron chi connectivity index (χ2n) is 5.14. The van der Waals surface area contributed by atoms with E-state index in [1.165, 1.54) is 23.5 Å². The number of aromatic carboxylic acids is 1. The molecule has 0 atom stereocenters. The molecule has 0 unspecified atom stereocenters. The standard InChI is InChI=1S/C19H11ClN2O2S/c20-16-7-5-13(6-8-16)17-11-25-18(22-17)15(10-21)9-12-1-3-14(4-2-12)19(23)24/h1-9,11H,(H,23,24)/b15-9-. The van der Waals surface area contributed by atoms with Gasteiger partial charge in [0.1, 0.15) is 11.1 Å². The number of hydrogen-bond acceptors (Lipinski definition) is 4. The second kappa shape index (κ2) is 7.31. The zero-order valence-corrected chi connectivity index (χ0v) is 14.4. The van der Waals surface area contributed by atoms with E-state index >= 15 is 0 Å². The van der Waals surface area contributed by atoms with E-state index < -0.39 is 5.97 Å². The largest absolute Gasteiger partial charge is 0.478 e. The Hall–Kier alpha value is -2.94. The van der Waals surface area contributed by atoms with Crippen LogP contribution in [-0.2, 0) is 0 Å². The Morgan fingerprint density at radius 2 is 1.84 bits per heavy atom. The number of carboxylic acid groups (broad SMARTS) is 1. The number of carbonyl (C=O) groups is 1. The van der Waals surface area contributed by atoms with Crippen LogP contribution in [0.25, 0.3) is 22.9 Å². The first-order valence-corrected chi connectivity index (χ1v) is 8.49. The van der Waals surface area contributed by atoms with Gasteiger partial charge in [0.25, 0.3) is 0 Å². The number of nitriles is 1. The maximum atomic E-state index is 10.9. The maximum absolute atomic E-state index is 10.9. The molecular formula is C19H11ClN2O2S. The van der Waals surface area contributed by atoms with Gasteiger partial charge >= 0.3 is 5.97 Å². The highest BCUT2D eigenvalue weighted by atomic mass is 35.5. The van der Waals surface area contributed by atoms with Crippen molar-refractivity contribution in [2.45, 2.75) is 0 Å². The minimum absolute atomic E-state index is 0.204. The molecule has 0 fully saturated rings. The molecule has 122 valence electrons. The third-order valence-corrected chi connectivity index (χ3v) is 4.59. The van der Waals surface area contributed by atoms with Crippen LogP contribution in [0.1, 0.15) is 20.9 Å². The van der Waals surface area contributed by atoms with Crippen LogP contribution in [0, 0.1) is 11.3 Å². The topological polar surface area (TPSA) is 74.0 Å². The molecular weight excluding hydrogens is 356 g/mol. The summed E-state index contributed by atoms with van der Waals surface area (Å²) in [6.45, 7) is 0. The van der Waals surface area contributed by atoms with Gasteiger partial charge in [-0.3, -0.25) is 0 Å². The van der Waals surface area contributed by atoms with Crippen molar-refractivity contribution in [1.82, 2.24) is 4.98 Å². The minimum atomic E-state index is -0.983. The molecule has 2 aromatic carbocycles. The number of benzene rings is 2. The highest BCUT2D eigenvalue weighted by Gasteiger charge is 2.09. The number of thiazole rings is 1. The lowest BCUT2D eigenvalue weighted by atomic mass is 10.1.